The normalized spacial score (nSPS) is 11.7. The molecule has 2 heterocycles. The third-order valence-corrected chi connectivity index (χ3v) is 3.54. The number of aromatic nitrogens is 2. The number of pyridine rings is 1. The van der Waals surface area contributed by atoms with Gasteiger partial charge >= 0.3 is 12.0 Å². The largest absolute Gasteiger partial charge is 0.481 e. The maximum absolute atomic E-state index is 11.8. The molecule has 0 aromatic carbocycles. The van der Waals surface area contributed by atoms with Gasteiger partial charge in [-0.25, -0.2) is 9.78 Å². The highest BCUT2D eigenvalue weighted by Crippen LogP contribution is 2.15. The average Bonchev–Trinajstić information content (AvgIpc) is 2.94. The Morgan fingerprint density at radius 2 is 2.19 bits per heavy atom. The molecule has 0 aliphatic rings. The van der Waals surface area contributed by atoms with Crippen molar-refractivity contribution in [2.24, 2.45) is 0 Å². The Balaban J connectivity index is 1.89. The van der Waals surface area contributed by atoms with Crippen LogP contribution in [0.4, 0.5) is 10.5 Å². The molecule has 2 aromatic heterocycles. The minimum Gasteiger partial charge on any atom is -0.481 e. The number of nitrogens with one attached hydrogen (secondary N) is 2. The lowest BCUT2D eigenvalue weighted by molar-refractivity contribution is -0.136. The lowest BCUT2D eigenvalue weighted by atomic mass is 10.2. The molecule has 1 atom stereocenters. The van der Waals surface area contributed by atoms with Crippen molar-refractivity contribution >= 4 is 29.0 Å². The van der Waals surface area contributed by atoms with Crippen LogP contribution in [0.3, 0.4) is 0 Å². The third kappa shape index (κ3) is 4.53. The summed E-state index contributed by atoms with van der Waals surface area (Å²) in [6, 6.07) is 2.61. The van der Waals surface area contributed by atoms with E-state index in [2.05, 4.69) is 20.6 Å². The van der Waals surface area contributed by atoms with E-state index in [0.717, 1.165) is 5.01 Å². The summed E-state index contributed by atoms with van der Waals surface area (Å²) in [7, 11) is 0. The van der Waals surface area contributed by atoms with Crippen LogP contribution in [0.2, 0.25) is 0 Å². The minimum absolute atomic E-state index is 0.145. The zero-order valence-electron chi connectivity index (χ0n) is 11.2. The number of carbonyl (C=O) groups excluding carboxylic acids is 1. The predicted molar refractivity (Wildman–Crippen MR) is 78.3 cm³/mol. The number of urea groups is 1. The van der Waals surface area contributed by atoms with Crippen molar-refractivity contribution in [3.05, 3.63) is 40.6 Å². The molecule has 2 aromatic rings. The Kier molecular flexibility index (Phi) is 4.83. The van der Waals surface area contributed by atoms with Crippen LogP contribution < -0.4 is 10.6 Å². The number of nitrogens with zero attached hydrogens (tertiary/aromatic N) is 2. The van der Waals surface area contributed by atoms with Crippen LogP contribution in [0.5, 0.6) is 0 Å². The second-order valence-electron chi connectivity index (χ2n) is 4.30. The van der Waals surface area contributed by atoms with E-state index in [4.69, 9.17) is 5.11 Å². The van der Waals surface area contributed by atoms with Gasteiger partial charge in [-0.2, -0.15) is 0 Å². The van der Waals surface area contributed by atoms with Gasteiger partial charge in [0.15, 0.2) is 0 Å². The molecule has 2 amide bonds. The predicted octanol–water partition coefficient (Wildman–Crippen LogP) is 2.05. The van der Waals surface area contributed by atoms with Crippen molar-refractivity contribution in [1.82, 2.24) is 15.3 Å². The molecule has 0 saturated carbocycles. The van der Waals surface area contributed by atoms with Crippen LogP contribution in [0.25, 0.3) is 0 Å². The van der Waals surface area contributed by atoms with Crippen LogP contribution in [0, 0.1) is 0 Å². The molecule has 0 aliphatic carbocycles. The second kappa shape index (κ2) is 6.80. The van der Waals surface area contributed by atoms with Crippen molar-refractivity contribution in [2.45, 2.75) is 19.4 Å². The quantitative estimate of drug-likeness (QED) is 0.784. The first-order valence-corrected chi connectivity index (χ1v) is 7.06. The Labute approximate surface area is 125 Å². The molecule has 110 valence electrons. The third-order valence-electron chi connectivity index (χ3n) is 2.58. The molecule has 8 heteroatoms. The van der Waals surface area contributed by atoms with Crippen molar-refractivity contribution < 1.29 is 14.7 Å². The van der Waals surface area contributed by atoms with E-state index in [1.54, 1.807) is 18.3 Å². The SMILES string of the molecule is CC(NC(=O)Nc1ccc(CC(=O)O)nc1)c1nccs1. The minimum atomic E-state index is -0.946. The van der Waals surface area contributed by atoms with E-state index in [9.17, 15) is 9.59 Å². The number of rotatable bonds is 5. The highest BCUT2D eigenvalue weighted by atomic mass is 32.1. The highest BCUT2D eigenvalue weighted by molar-refractivity contribution is 7.09. The molecule has 1 unspecified atom stereocenters. The first kappa shape index (κ1) is 14.9. The van der Waals surface area contributed by atoms with E-state index in [1.165, 1.54) is 17.5 Å². The number of thiazole rings is 1. The first-order valence-electron chi connectivity index (χ1n) is 6.18. The maximum atomic E-state index is 11.8. The number of anilines is 1. The fourth-order valence-corrected chi connectivity index (χ4v) is 2.28. The summed E-state index contributed by atoms with van der Waals surface area (Å²) in [5.74, 6) is -0.946. The number of hydrogen-bond acceptors (Lipinski definition) is 5. The number of hydrogen-bond donors (Lipinski definition) is 3. The lowest BCUT2D eigenvalue weighted by Gasteiger charge is -2.12. The van der Waals surface area contributed by atoms with Gasteiger partial charge < -0.3 is 15.7 Å². The van der Waals surface area contributed by atoms with E-state index >= 15 is 0 Å². The molecule has 2 rings (SSSR count). The maximum Gasteiger partial charge on any atom is 0.319 e. The fraction of sp³-hybridized carbons (Fsp3) is 0.231. The summed E-state index contributed by atoms with van der Waals surface area (Å²) in [5.41, 5.74) is 0.928. The summed E-state index contributed by atoms with van der Waals surface area (Å²) < 4.78 is 0. The smallest absolute Gasteiger partial charge is 0.319 e. The summed E-state index contributed by atoms with van der Waals surface area (Å²) >= 11 is 1.47. The first-order chi connectivity index (χ1) is 10.0. The Bertz CT molecular complexity index is 613. The van der Waals surface area contributed by atoms with Crippen molar-refractivity contribution in [1.29, 1.82) is 0 Å². The van der Waals surface area contributed by atoms with Gasteiger partial charge in [-0.05, 0) is 19.1 Å². The average molecular weight is 306 g/mol. The van der Waals surface area contributed by atoms with Gasteiger partial charge in [0.05, 0.1) is 30.0 Å². The molecule has 0 fully saturated rings. The lowest BCUT2D eigenvalue weighted by Crippen LogP contribution is -2.31. The van der Waals surface area contributed by atoms with Crippen LogP contribution in [-0.2, 0) is 11.2 Å². The van der Waals surface area contributed by atoms with Gasteiger partial charge in [0.25, 0.3) is 0 Å². The number of aliphatic carboxylic acids is 1. The van der Waals surface area contributed by atoms with E-state index in [-0.39, 0.29) is 18.5 Å². The molecule has 21 heavy (non-hydrogen) atoms. The summed E-state index contributed by atoms with van der Waals surface area (Å²) in [6.07, 6.45) is 2.96. The van der Waals surface area contributed by atoms with Gasteiger partial charge in [0.2, 0.25) is 0 Å². The molecule has 3 N–H and O–H groups in total. The molecular formula is C13H14N4O3S. The topological polar surface area (TPSA) is 104 Å². The summed E-state index contributed by atoms with van der Waals surface area (Å²) in [6.45, 7) is 1.84. The highest BCUT2D eigenvalue weighted by Gasteiger charge is 2.11. The van der Waals surface area contributed by atoms with Crippen molar-refractivity contribution in [2.75, 3.05) is 5.32 Å². The van der Waals surface area contributed by atoms with Crippen LogP contribution in [0.1, 0.15) is 23.7 Å². The van der Waals surface area contributed by atoms with Crippen molar-refractivity contribution in [3.63, 3.8) is 0 Å². The van der Waals surface area contributed by atoms with E-state index in [0.29, 0.717) is 11.4 Å². The van der Waals surface area contributed by atoms with Gasteiger partial charge in [0.1, 0.15) is 5.01 Å². The van der Waals surface area contributed by atoms with Gasteiger partial charge in [-0.15, -0.1) is 11.3 Å². The van der Waals surface area contributed by atoms with Crippen molar-refractivity contribution in [3.8, 4) is 0 Å². The molecular weight excluding hydrogens is 292 g/mol. The van der Waals surface area contributed by atoms with Crippen LogP contribution >= 0.6 is 11.3 Å². The molecule has 0 aliphatic heterocycles. The molecule has 0 radical (unpaired) electrons. The summed E-state index contributed by atoms with van der Waals surface area (Å²) in [5, 5.41) is 16.7. The number of carboxylic acid groups (broad SMARTS) is 1. The van der Waals surface area contributed by atoms with Gasteiger partial charge in [0, 0.05) is 11.6 Å². The van der Waals surface area contributed by atoms with Crippen LogP contribution in [0.15, 0.2) is 29.9 Å². The summed E-state index contributed by atoms with van der Waals surface area (Å²) in [4.78, 5) is 30.4. The monoisotopic (exact) mass is 306 g/mol. The zero-order chi connectivity index (χ0) is 15.2. The molecule has 0 bridgehead atoms. The number of carbonyl (C=O) groups is 2. The Morgan fingerprint density at radius 3 is 2.76 bits per heavy atom. The zero-order valence-corrected chi connectivity index (χ0v) is 12.1. The van der Waals surface area contributed by atoms with Gasteiger partial charge in [-0.1, -0.05) is 0 Å². The number of carboxylic acids is 1. The molecule has 7 nitrogen and oxygen atoms in total. The molecule has 0 spiro atoms. The molecule has 0 saturated heterocycles. The van der Waals surface area contributed by atoms with Gasteiger partial charge in [-0.3, -0.25) is 9.78 Å². The fourth-order valence-electron chi connectivity index (χ4n) is 1.63. The standard InChI is InChI=1S/C13H14N4O3S/c1-8(12-14-4-5-21-12)16-13(20)17-10-3-2-9(15-7-10)6-11(18)19/h2-5,7-8H,6H2,1H3,(H,18,19)(H2,16,17,20). The van der Waals surface area contributed by atoms with E-state index < -0.39 is 5.97 Å². The Morgan fingerprint density at radius 1 is 1.38 bits per heavy atom. The second-order valence-corrected chi connectivity index (χ2v) is 5.23. The van der Waals surface area contributed by atoms with E-state index in [1.807, 2.05) is 12.3 Å². The Hall–Kier alpha value is -2.48. The van der Waals surface area contributed by atoms with Crippen LogP contribution in [-0.4, -0.2) is 27.1 Å². The number of amides is 2.